The second-order valence-electron chi connectivity index (χ2n) is 26.2. The van der Waals surface area contributed by atoms with Gasteiger partial charge in [-0.3, -0.25) is 0 Å². The molecular formula is C94H56N6OS. The molecule has 0 aliphatic carbocycles. The molecule has 8 heteroatoms. The maximum Gasteiger partial charge on any atom is 0.137 e. The predicted molar refractivity (Wildman–Crippen MR) is 426 cm³/mol. The van der Waals surface area contributed by atoms with E-state index in [9.17, 15) is 10.5 Å². The van der Waals surface area contributed by atoms with Crippen LogP contribution in [-0.4, -0.2) is 9.13 Å². The second-order valence-corrected chi connectivity index (χ2v) is 27.3. The molecule has 0 N–H and O–H groups in total. The van der Waals surface area contributed by atoms with Crippen LogP contribution >= 0.6 is 11.3 Å². The zero-order valence-electron chi connectivity index (χ0n) is 54.8. The van der Waals surface area contributed by atoms with Gasteiger partial charge in [0.2, 0.25) is 0 Å². The molecule has 0 fully saturated rings. The summed E-state index contributed by atoms with van der Waals surface area (Å²) in [5.74, 6) is 0. The maximum atomic E-state index is 9.50. The molecule has 0 atom stereocenters. The Morgan fingerprint density at radius 3 is 1.25 bits per heavy atom. The minimum Gasteiger partial charge on any atom is -0.456 e. The Hall–Kier alpha value is -13.8. The van der Waals surface area contributed by atoms with Crippen molar-refractivity contribution >= 4 is 164 Å². The van der Waals surface area contributed by atoms with E-state index in [0.29, 0.717) is 11.1 Å². The molecule has 0 radical (unpaired) electrons. The van der Waals surface area contributed by atoms with Crippen LogP contribution in [-0.2, 0) is 0 Å². The number of nitriles is 2. The Morgan fingerprint density at radius 1 is 0.275 bits per heavy atom. The first kappa shape index (κ1) is 58.4. The summed E-state index contributed by atoms with van der Waals surface area (Å²) in [7, 11) is 0. The van der Waals surface area contributed by atoms with Gasteiger partial charge in [-0.2, -0.15) is 10.5 Å². The lowest BCUT2D eigenvalue weighted by molar-refractivity contribution is 0.669. The Balaban J connectivity index is 0.000000137. The Morgan fingerprint density at radius 2 is 0.676 bits per heavy atom. The highest BCUT2D eigenvalue weighted by molar-refractivity contribution is 7.25. The van der Waals surface area contributed by atoms with E-state index in [-0.39, 0.29) is 0 Å². The Kier molecular flexibility index (Phi) is 13.4. The van der Waals surface area contributed by atoms with Crippen molar-refractivity contribution in [1.29, 1.82) is 10.5 Å². The summed E-state index contributed by atoms with van der Waals surface area (Å²) in [6.07, 6.45) is 0. The molecule has 21 rings (SSSR count). The number of anilines is 6. The van der Waals surface area contributed by atoms with Crippen molar-refractivity contribution in [3.63, 3.8) is 0 Å². The quantitative estimate of drug-likeness (QED) is 0.128. The highest BCUT2D eigenvalue weighted by atomic mass is 32.1. The third-order valence-corrected chi connectivity index (χ3v) is 21.6. The zero-order chi connectivity index (χ0) is 67.5. The van der Waals surface area contributed by atoms with Gasteiger partial charge in [0.05, 0.1) is 45.3 Å². The van der Waals surface area contributed by atoms with Crippen LogP contribution in [0.1, 0.15) is 11.1 Å². The maximum absolute atomic E-state index is 9.50. The molecule has 0 aliphatic heterocycles. The fraction of sp³-hybridized carbons (Fsp3) is 0. The largest absolute Gasteiger partial charge is 0.456 e. The lowest BCUT2D eigenvalue weighted by Gasteiger charge is -2.26. The molecule has 0 spiro atoms. The van der Waals surface area contributed by atoms with Crippen LogP contribution in [0.5, 0.6) is 0 Å². The lowest BCUT2D eigenvalue weighted by atomic mass is 9.94. The standard InChI is InChI=1S/C49H29N3S.C45H27N3O/c50-30-31-13-18-37(19-14-31)51(38-20-15-32-7-4-5-8-34(32)27-38)39-21-24-42-41-22-17-35(28-46(41)53-47(42)29-39)40-25-26-45-49-43(40)23-16-33-9-6-12-44(48(33)49)52(45)36-10-2-1-3-11-36;46-28-29-14-18-34(19-15-29)47(32-9-3-1-4-10-32)35-20-23-38-37-21-17-31(26-42(37)49-43(38)27-35)36-24-25-41-45-39(36)22-16-30-8-7-13-40(44(30)45)48(41)33-11-5-2-6-12-33/h1-29H;1-27H. The molecule has 4 heterocycles. The SMILES string of the molecule is N#Cc1ccc(N(c2ccc3ccccc3c2)c2ccc3c(c2)sc2cc(-c4ccc5c6c4ccc4cccc(c46)n5-c4ccccc4)ccc23)cc1.N#Cc1ccc(N(c2ccccc2)c2ccc3c(c2)oc2cc(-c4ccc5c6c4ccc4cccc(c46)n5-c4ccccc4)ccc23)cc1. The molecule has 0 bridgehead atoms. The summed E-state index contributed by atoms with van der Waals surface area (Å²) in [6.45, 7) is 0. The average molecular weight is 1320 g/mol. The first-order chi connectivity index (χ1) is 50.5. The lowest BCUT2D eigenvalue weighted by Crippen LogP contribution is -2.09. The van der Waals surface area contributed by atoms with Gasteiger partial charge in [0.15, 0.2) is 0 Å². The molecule has 0 unspecified atom stereocenters. The van der Waals surface area contributed by atoms with E-state index in [2.05, 4.69) is 304 Å². The van der Waals surface area contributed by atoms with Crippen LogP contribution in [0, 0.1) is 22.7 Å². The number of para-hydroxylation sites is 3. The number of hydrogen-bond donors (Lipinski definition) is 0. The van der Waals surface area contributed by atoms with E-state index in [1.165, 1.54) is 118 Å². The van der Waals surface area contributed by atoms with Gasteiger partial charge >= 0.3 is 0 Å². The van der Waals surface area contributed by atoms with E-state index in [1.54, 1.807) is 0 Å². The number of rotatable bonds is 10. The van der Waals surface area contributed by atoms with Gasteiger partial charge in [-0.15, -0.1) is 11.3 Å². The number of fused-ring (bicyclic) bond motifs is 7. The molecule has 102 heavy (non-hydrogen) atoms. The second kappa shape index (κ2) is 23.5. The van der Waals surface area contributed by atoms with Crippen LogP contribution in [0.15, 0.2) is 344 Å². The van der Waals surface area contributed by atoms with Crippen LogP contribution < -0.4 is 9.80 Å². The fourth-order valence-electron chi connectivity index (χ4n) is 15.9. The van der Waals surface area contributed by atoms with E-state index < -0.39 is 0 Å². The molecule has 0 saturated carbocycles. The van der Waals surface area contributed by atoms with Crippen molar-refractivity contribution in [2.24, 2.45) is 0 Å². The predicted octanol–water partition coefficient (Wildman–Crippen LogP) is 26.2. The van der Waals surface area contributed by atoms with Crippen molar-refractivity contribution in [2.75, 3.05) is 9.80 Å². The van der Waals surface area contributed by atoms with Gasteiger partial charge in [-0.1, -0.05) is 170 Å². The summed E-state index contributed by atoms with van der Waals surface area (Å²) in [6, 6.07) is 125. The number of aromatic nitrogens is 2. The number of hydrogen-bond acceptors (Lipinski definition) is 6. The van der Waals surface area contributed by atoms with Crippen LogP contribution in [0.3, 0.4) is 0 Å². The molecule has 7 nitrogen and oxygen atoms in total. The molecule has 17 aromatic carbocycles. The fourth-order valence-corrected chi connectivity index (χ4v) is 17.1. The van der Waals surface area contributed by atoms with E-state index in [1.807, 2.05) is 78.1 Å². The van der Waals surface area contributed by atoms with Crippen molar-refractivity contribution in [2.45, 2.75) is 0 Å². The first-order valence-corrected chi connectivity index (χ1v) is 35.0. The van der Waals surface area contributed by atoms with Gasteiger partial charge in [0.25, 0.3) is 0 Å². The summed E-state index contributed by atoms with van der Waals surface area (Å²) >= 11 is 1.84. The highest BCUT2D eigenvalue weighted by Crippen LogP contribution is 2.48. The Labute approximate surface area is 590 Å². The summed E-state index contributed by atoms with van der Waals surface area (Å²) in [4.78, 5) is 4.47. The molecule has 0 amide bonds. The molecule has 474 valence electrons. The minimum absolute atomic E-state index is 0.631. The van der Waals surface area contributed by atoms with Crippen molar-refractivity contribution < 1.29 is 4.42 Å². The van der Waals surface area contributed by atoms with Gasteiger partial charge in [-0.05, 0) is 218 Å². The molecule has 0 aliphatic rings. The van der Waals surface area contributed by atoms with E-state index in [4.69, 9.17) is 4.42 Å². The highest BCUT2D eigenvalue weighted by Gasteiger charge is 2.24. The Bertz CT molecular complexity index is 6960. The average Bonchev–Trinajstić information content (AvgIpc) is 1.56. The van der Waals surface area contributed by atoms with Crippen molar-refractivity contribution in [3.8, 4) is 45.8 Å². The molecule has 21 aromatic rings. The topological polar surface area (TPSA) is 77.1 Å². The number of benzene rings is 17. The van der Waals surface area contributed by atoms with Gasteiger partial charge < -0.3 is 23.4 Å². The number of nitrogens with zero attached hydrogens (tertiary/aromatic N) is 6. The first-order valence-electron chi connectivity index (χ1n) is 34.2. The summed E-state index contributed by atoms with van der Waals surface area (Å²) in [5, 5.41) is 36.2. The molecule has 0 saturated heterocycles. The zero-order valence-corrected chi connectivity index (χ0v) is 55.6. The summed E-state index contributed by atoms with van der Waals surface area (Å²) in [5.41, 5.74) is 21.1. The van der Waals surface area contributed by atoms with Crippen LogP contribution in [0.2, 0.25) is 0 Å². The third kappa shape index (κ3) is 9.40. The van der Waals surface area contributed by atoms with Crippen molar-refractivity contribution in [1.82, 2.24) is 9.13 Å². The van der Waals surface area contributed by atoms with Gasteiger partial charge in [-0.25, -0.2) is 0 Å². The molecule has 4 aromatic heterocycles. The number of furan rings is 1. The van der Waals surface area contributed by atoms with Crippen molar-refractivity contribution in [3.05, 3.63) is 351 Å². The van der Waals surface area contributed by atoms with E-state index in [0.717, 1.165) is 67.3 Å². The van der Waals surface area contributed by atoms with Gasteiger partial charge in [0.1, 0.15) is 11.2 Å². The molecular weight excluding hydrogens is 1260 g/mol. The monoisotopic (exact) mass is 1320 g/mol. The number of thiophene rings is 1. The minimum atomic E-state index is 0.631. The smallest absolute Gasteiger partial charge is 0.137 e. The van der Waals surface area contributed by atoms with E-state index >= 15 is 0 Å². The van der Waals surface area contributed by atoms with Gasteiger partial charge in [0, 0.05) is 104 Å². The van der Waals surface area contributed by atoms with Crippen LogP contribution in [0.4, 0.5) is 34.1 Å². The summed E-state index contributed by atoms with van der Waals surface area (Å²) < 4.78 is 13.9. The normalized spacial score (nSPS) is 11.7. The third-order valence-electron chi connectivity index (χ3n) is 20.5. The van der Waals surface area contributed by atoms with Crippen LogP contribution in [0.25, 0.3) is 152 Å².